The van der Waals surface area contributed by atoms with Crippen molar-refractivity contribution in [3.63, 3.8) is 0 Å². The Morgan fingerprint density at radius 3 is 2.45 bits per heavy atom. The molecular formula is C25H25NO3. The molecule has 2 aromatic rings. The molecule has 29 heavy (non-hydrogen) atoms. The Morgan fingerprint density at radius 1 is 1.10 bits per heavy atom. The second-order valence-electron chi connectivity index (χ2n) is 8.69. The summed E-state index contributed by atoms with van der Waals surface area (Å²) in [5.74, 6) is -0.556. The van der Waals surface area contributed by atoms with E-state index in [1.54, 1.807) is 11.0 Å². The molecule has 1 amide bonds. The fourth-order valence-electron chi connectivity index (χ4n) is 4.26. The number of nitrogens with zero attached hydrogens (tertiary/aromatic N) is 1. The number of hydrogen-bond donors (Lipinski definition) is 0. The summed E-state index contributed by atoms with van der Waals surface area (Å²) < 4.78 is 5.65. The average Bonchev–Trinajstić information content (AvgIpc) is 3.13. The van der Waals surface area contributed by atoms with Gasteiger partial charge in [0.2, 0.25) is 5.91 Å². The molecule has 0 aromatic heterocycles. The van der Waals surface area contributed by atoms with E-state index in [4.69, 9.17) is 4.74 Å². The van der Waals surface area contributed by atoms with E-state index in [2.05, 4.69) is 6.58 Å². The topological polar surface area (TPSA) is 46.6 Å². The summed E-state index contributed by atoms with van der Waals surface area (Å²) in [6, 6.07) is 17.6. The van der Waals surface area contributed by atoms with Gasteiger partial charge in [-0.15, -0.1) is 0 Å². The molecule has 0 bridgehead atoms. The van der Waals surface area contributed by atoms with Gasteiger partial charge < -0.3 is 9.64 Å². The number of allylic oxidation sites excluding steroid dienone is 2. The molecular weight excluding hydrogens is 362 g/mol. The van der Waals surface area contributed by atoms with Crippen LogP contribution in [0.5, 0.6) is 0 Å². The average molecular weight is 387 g/mol. The molecule has 1 spiro atoms. The number of benzene rings is 2. The highest BCUT2D eigenvalue weighted by atomic mass is 16.6. The Bertz CT molecular complexity index is 1030. The van der Waals surface area contributed by atoms with E-state index in [1.807, 2.05) is 75.4 Å². The van der Waals surface area contributed by atoms with Crippen molar-refractivity contribution < 1.29 is 14.3 Å². The summed E-state index contributed by atoms with van der Waals surface area (Å²) in [5, 5.41) is 0. The van der Waals surface area contributed by atoms with E-state index in [0.717, 1.165) is 22.4 Å². The third-order valence-electron chi connectivity index (χ3n) is 5.37. The summed E-state index contributed by atoms with van der Waals surface area (Å²) in [5.41, 5.74) is 2.15. The minimum absolute atomic E-state index is 0.0988. The zero-order valence-electron chi connectivity index (χ0n) is 17.1. The first kappa shape index (κ1) is 19.2. The van der Waals surface area contributed by atoms with Gasteiger partial charge in [0.1, 0.15) is 11.0 Å². The molecule has 2 aromatic carbocycles. The number of anilines is 1. The van der Waals surface area contributed by atoms with Gasteiger partial charge in [0.25, 0.3) is 0 Å². The number of amides is 1. The number of esters is 1. The highest BCUT2D eigenvalue weighted by Crippen LogP contribution is 2.53. The van der Waals surface area contributed by atoms with Gasteiger partial charge >= 0.3 is 5.97 Å². The molecule has 1 heterocycles. The van der Waals surface area contributed by atoms with Gasteiger partial charge in [-0.3, -0.25) is 4.79 Å². The molecule has 1 atom stereocenters. The Hall–Kier alpha value is -3.14. The smallest absolute Gasteiger partial charge is 0.336 e. The largest absolute Gasteiger partial charge is 0.457 e. The number of hydrogen-bond acceptors (Lipinski definition) is 3. The van der Waals surface area contributed by atoms with Gasteiger partial charge in [-0.25, -0.2) is 4.79 Å². The lowest BCUT2D eigenvalue weighted by Crippen LogP contribution is -2.43. The van der Waals surface area contributed by atoms with Crippen LogP contribution in [0.15, 0.2) is 78.4 Å². The van der Waals surface area contributed by atoms with Crippen molar-refractivity contribution in [3.8, 4) is 0 Å². The van der Waals surface area contributed by atoms with Crippen LogP contribution in [0.25, 0.3) is 0 Å². The van der Waals surface area contributed by atoms with Crippen LogP contribution in [-0.2, 0) is 26.3 Å². The van der Waals surface area contributed by atoms with E-state index in [9.17, 15) is 9.59 Å². The summed E-state index contributed by atoms with van der Waals surface area (Å²) in [6.45, 7) is 10.00. The third-order valence-corrected chi connectivity index (χ3v) is 5.37. The van der Waals surface area contributed by atoms with Gasteiger partial charge in [0, 0.05) is 5.69 Å². The van der Waals surface area contributed by atoms with Crippen LogP contribution in [0.3, 0.4) is 0 Å². The number of carbonyl (C=O) groups excluding carboxylic acids is 2. The number of rotatable bonds is 3. The number of carbonyl (C=O) groups is 2. The molecule has 1 aliphatic carbocycles. The predicted molar refractivity (Wildman–Crippen MR) is 113 cm³/mol. The highest BCUT2D eigenvalue weighted by Gasteiger charge is 2.57. The molecule has 0 saturated carbocycles. The highest BCUT2D eigenvalue weighted by molar-refractivity contribution is 6.16. The first-order valence-corrected chi connectivity index (χ1v) is 9.81. The standard InChI is InChI=1S/C25H25NO3/c1-17-14-20(22(27)29-24(2,3)4)25(15-17)19-12-8-9-13-21(19)26(23(25)28)16-18-10-6-5-7-11-18/h5-14H,1,15-16H2,2-4H3. The Labute approximate surface area is 171 Å². The Balaban J connectivity index is 1.81. The van der Waals surface area contributed by atoms with Crippen LogP contribution in [-0.4, -0.2) is 17.5 Å². The molecule has 2 aliphatic rings. The van der Waals surface area contributed by atoms with Crippen molar-refractivity contribution in [2.75, 3.05) is 4.90 Å². The first-order valence-electron chi connectivity index (χ1n) is 9.81. The minimum Gasteiger partial charge on any atom is -0.457 e. The maximum absolute atomic E-state index is 13.9. The molecule has 1 unspecified atom stereocenters. The molecule has 4 nitrogen and oxygen atoms in total. The SMILES string of the molecule is C=C1C=C(C(=O)OC(C)(C)C)C2(C1)C(=O)N(Cc1ccccc1)c1ccccc12. The Kier molecular flexibility index (Phi) is 4.45. The van der Waals surface area contributed by atoms with E-state index < -0.39 is 17.0 Å². The fourth-order valence-corrected chi connectivity index (χ4v) is 4.26. The predicted octanol–water partition coefficient (Wildman–Crippen LogP) is 4.70. The summed E-state index contributed by atoms with van der Waals surface area (Å²) in [4.78, 5) is 28.7. The lowest BCUT2D eigenvalue weighted by molar-refractivity contribution is -0.151. The zero-order chi connectivity index (χ0) is 20.8. The molecule has 0 N–H and O–H groups in total. The quantitative estimate of drug-likeness (QED) is 0.717. The van der Waals surface area contributed by atoms with E-state index in [0.29, 0.717) is 18.5 Å². The first-order chi connectivity index (χ1) is 13.7. The van der Waals surface area contributed by atoms with Crippen molar-refractivity contribution in [2.24, 2.45) is 0 Å². The van der Waals surface area contributed by atoms with Crippen LogP contribution >= 0.6 is 0 Å². The molecule has 0 radical (unpaired) electrons. The van der Waals surface area contributed by atoms with E-state index in [1.165, 1.54) is 0 Å². The maximum Gasteiger partial charge on any atom is 0.336 e. The molecule has 0 saturated heterocycles. The number of fused-ring (bicyclic) bond motifs is 2. The van der Waals surface area contributed by atoms with Gasteiger partial charge in [0.05, 0.1) is 12.1 Å². The van der Waals surface area contributed by atoms with Crippen molar-refractivity contribution >= 4 is 17.6 Å². The normalized spacial score (nSPS) is 20.8. The van der Waals surface area contributed by atoms with Gasteiger partial charge in [-0.05, 0) is 50.5 Å². The zero-order valence-corrected chi connectivity index (χ0v) is 17.1. The van der Waals surface area contributed by atoms with Crippen molar-refractivity contribution in [2.45, 2.75) is 44.8 Å². The van der Waals surface area contributed by atoms with E-state index in [-0.39, 0.29) is 5.91 Å². The lowest BCUT2D eigenvalue weighted by Gasteiger charge is -2.28. The molecule has 1 aliphatic heterocycles. The second-order valence-corrected chi connectivity index (χ2v) is 8.69. The monoisotopic (exact) mass is 387 g/mol. The molecule has 148 valence electrons. The lowest BCUT2D eigenvalue weighted by atomic mass is 9.75. The summed E-state index contributed by atoms with van der Waals surface area (Å²) >= 11 is 0. The fraction of sp³-hybridized carbons (Fsp3) is 0.280. The van der Waals surface area contributed by atoms with Crippen LogP contribution in [0.2, 0.25) is 0 Å². The number of para-hydroxylation sites is 1. The van der Waals surface area contributed by atoms with Crippen LogP contribution < -0.4 is 4.90 Å². The summed E-state index contributed by atoms with van der Waals surface area (Å²) in [6.07, 6.45) is 2.12. The van der Waals surface area contributed by atoms with Crippen LogP contribution in [0.4, 0.5) is 5.69 Å². The van der Waals surface area contributed by atoms with Crippen LogP contribution in [0.1, 0.15) is 38.3 Å². The van der Waals surface area contributed by atoms with Gasteiger partial charge in [-0.2, -0.15) is 0 Å². The van der Waals surface area contributed by atoms with Gasteiger partial charge in [-0.1, -0.05) is 60.7 Å². The minimum atomic E-state index is -1.06. The van der Waals surface area contributed by atoms with Crippen LogP contribution in [0, 0.1) is 0 Å². The van der Waals surface area contributed by atoms with Crippen molar-refractivity contribution in [1.29, 1.82) is 0 Å². The molecule has 4 heteroatoms. The van der Waals surface area contributed by atoms with Crippen molar-refractivity contribution in [1.82, 2.24) is 0 Å². The summed E-state index contributed by atoms with van der Waals surface area (Å²) in [7, 11) is 0. The number of ether oxygens (including phenoxy) is 1. The molecule has 0 fully saturated rings. The second kappa shape index (κ2) is 6.73. The Morgan fingerprint density at radius 2 is 1.76 bits per heavy atom. The maximum atomic E-state index is 13.9. The molecule has 4 rings (SSSR count). The van der Waals surface area contributed by atoms with Gasteiger partial charge in [0.15, 0.2) is 0 Å². The van der Waals surface area contributed by atoms with Crippen molar-refractivity contribution in [3.05, 3.63) is 89.5 Å². The third kappa shape index (κ3) is 3.19. The van der Waals surface area contributed by atoms with E-state index >= 15 is 0 Å².